The Morgan fingerprint density at radius 3 is 1.31 bits per heavy atom. The molecule has 2 heteroatoms. The monoisotopic (exact) mass is 1000 g/mol. The van der Waals surface area contributed by atoms with Crippen molar-refractivity contribution in [3.05, 3.63) is 278 Å². The summed E-state index contributed by atoms with van der Waals surface area (Å²) in [6, 6.07) is 98.9. The van der Waals surface area contributed by atoms with E-state index in [9.17, 15) is 0 Å². The van der Waals surface area contributed by atoms with Gasteiger partial charge in [-0.05, 0) is 137 Å². The highest BCUT2D eigenvalue weighted by Gasteiger charge is 2.26. The van der Waals surface area contributed by atoms with Crippen molar-refractivity contribution >= 4 is 60.4 Å². The fourth-order valence-electron chi connectivity index (χ4n) is 11.9. The lowest BCUT2D eigenvalue weighted by Gasteiger charge is -2.31. The van der Waals surface area contributed by atoms with Crippen molar-refractivity contribution < 1.29 is 0 Å². The van der Waals surface area contributed by atoms with E-state index in [2.05, 4.69) is 318 Å². The Hall–Kier alpha value is -9.24. The van der Waals surface area contributed by atoms with Crippen molar-refractivity contribution in [1.82, 2.24) is 4.57 Å². The van der Waals surface area contributed by atoms with Crippen molar-refractivity contribution in [3.8, 4) is 61.3 Å². The molecular weight excluding hydrogens is 941 g/mol. The van der Waals surface area contributed by atoms with E-state index in [4.69, 9.17) is 0 Å². The van der Waals surface area contributed by atoms with Gasteiger partial charge in [0.15, 0.2) is 0 Å². The molecule has 0 radical (unpaired) electrons. The summed E-state index contributed by atoms with van der Waals surface area (Å²) in [7, 11) is 0. The van der Waals surface area contributed by atoms with Crippen LogP contribution in [0.1, 0.15) is 52.7 Å². The van der Waals surface area contributed by atoms with Crippen molar-refractivity contribution in [3.63, 3.8) is 0 Å². The summed E-state index contributed by atoms with van der Waals surface area (Å²) in [6.07, 6.45) is 0. The number of hydrogen-bond donors (Lipinski definition) is 0. The Morgan fingerprint density at radius 2 is 0.744 bits per heavy atom. The molecule has 0 bridgehead atoms. The first-order chi connectivity index (χ1) is 38.0. The van der Waals surface area contributed by atoms with Crippen molar-refractivity contribution in [2.24, 2.45) is 0 Å². The maximum absolute atomic E-state index is 2.51. The number of fused-ring (bicyclic) bond motifs is 5. The number of nitrogens with zero attached hydrogens (tertiary/aromatic N) is 2. The van der Waals surface area contributed by atoms with Crippen LogP contribution in [0.25, 0.3) is 105 Å². The molecule has 0 aliphatic carbocycles. The summed E-state index contributed by atoms with van der Waals surface area (Å²) in [4.78, 5) is 2.51. The predicted octanol–water partition coefficient (Wildman–Crippen LogP) is 21.5. The molecule has 78 heavy (non-hydrogen) atoms. The molecule has 2 nitrogen and oxygen atoms in total. The molecule has 0 aliphatic rings. The molecule has 13 rings (SSSR count). The van der Waals surface area contributed by atoms with E-state index in [1.807, 2.05) is 0 Å². The van der Waals surface area contributed by atoms with Gasteiger partial charge in [-0.2, -0.15) is 0 Å². The number of aromatic nitrogens is 1. The van der Waals surface area contributed by atoms with Crippen molar-refractivity contribution in [2.45, 2.75) is 52.4 Å². The van der Waals surface area contributed by atoms with E-state index in [0.717, 1.165) is 39.4 Å². The average Bonchev–Trinajstić information content (AvgIpc) is 3.82. The minimum absolute atomic E-state index is 0.0275. The van der Waals surface area contributed by atoms with E-state index in [1.165, 1.54) is 93.4 Å². The Morgan fingerprint density at radius 1 is 0.295 bits per heavy atom. The third kappa shape index (κ3) is 8.64. The van der Waals surface area contributed by atoms with Crippen molar-refractivity contribution in [2.75, 3.05) is 4.90 Å². The van der Waals surface area contributed by atoms with E-state index >= 15 is 0 Å². The average molecular weight is 1000 g/mol. The second-order valence-corrected chi connectivity index (χ2v) is 22.9. The first-order valence-electron chi connectivity index (χ1n) is 27.4. The van der Waals surface area contributed by atoms with Crippen molar-refractivity contribution in [1.29, 1.82) is 0 Å². The summed E-state index contributed by atoms with van der Waals surface area (Å²) in [5, 5.41) is 7.38. The zero-order valence-electron chi connectivity index (χ0n) is 45.3. The zero-order valence-corrected chi connectivity index (χ0v) is 45.3. The Balaban J connectivity index is 1.03. The molecule has 0 saturated carbocycles. The Kier molecular flexibility index (Phi) is 12.0. The minimum Gasteiger partial charge on any atom is -0.309 e. The van der Waals surface area contributed by atoms with Crippen LogP contribution in [0.15, 0.2) is 267 Å². The van der Waals surface area contributed by atoms with Gasteiger partial charge in [0.1, 0.15) is 0 Å². The Bertz CT molecular complexity index is 4330. The highest BCUT2D eigenvalue weighted by atomic mass is 15.1. The molecule has 1 aromatic heterocycles. The molecule has 0 unspecified atom stereocenters. The summed E-state index contributed by atoms with van der Waals surface area (Å²) in [6.45, 7) is 14.0. The molecule has 0 N–H and O–H groups in total. The third-order valence-electron chi connectivity index (χ3n) is 15.9. The van der Waals surface area contributed by atoms with E-state index in [0.29, 0.717) is 0 Å². The van der Waals surface area contributed by atoms with Crippen LogP contribution >= 0.6 is 0 Å². The van der Waals surface area contributed by atoms with Gasteiger partial charge in [0.25, 0.3) is 0 Å². The van der Waals surface area contributed by atoms with Crippen LogP contribution in [0.4, 0.5) is 17.1 Å². The molecule has 0 spiro atoms. The molecular formula is C76H62N2. The first-order valence-corrected chi connectivity index (χ1v) is 27.4. The number of rotatable bonds is 9. The van der Waals surface area contributed by atoms with Crippen LogP contribution in [-0.2, 0) is 10.8 Å². The fraction of sp³-hybridized carbons (Fsp3) is 0.105. The van der Waals surface area contributed by atoms with Gasteiger partial charge < -0.3 is 9.47 Å². The van der Waals surface area contributed by atoms with Crippen LogP contribution in [0.2, 0.25) is 0 Å². The normalized spacial score (nSPS) is 12.0. The lowest BCUT2D eigenvalue weighted by atomic mass is 9.78. The lowest BCUT2D eigenvalue weighted by Crippen LogP contribution is -2.16. The molecule has 1 heterocycles. The van der Waals surface area contributed by atoms with Gasteiger partial charge in [-0.1, -0.05) is 260 Å². The number of benzene rings is 12. The zero-order chi connectivity index (χ0) is 53.1. The van der Waals surface area contributed by atoms with E-state index < -0.39 is 0 Å². The summed E-state index contributed by atoms with van der Waals surface area (Å²) in [5.74, 6) is 0. The van der Waals surface area contributed by atoms with Gasteiger partial charge in [-0.25, -0.2) is 0 Å². The van der Waals surface area contributed by atoms with Gasteiger partial charge in [0.2, 0.25) is 0 Å². The molecule has 12 aromatic carbocycles. The smallest absolute Gasteiger partial charge is 0.0547 e. The maximum atomic E-state index is 2.51. The molecule has 13 aromatic rings. The van der Waals surface area contributed by atoms with Crippen LogP contribution in [0.5, 0.6) is 0 Å². The highest BCUT2D eigenvalue weighted by Crippen LogP contribution is 2.50. The van der Waals surface area contributed by atoms with Crippen LogP contribution in [0, 0.1) is 0 Å². The predicted molar refractivity (Wildman–Crippen MR) is 335 cm³/mol. The van der Waals surface area contributed by atoms with Crippen LogP contribution in [0.3, 0.4) is 0 Å². The summed E-state index contributed by atoms with van der Waals surface area (Å²) in [5.41, 5.74) is 21.3. The van der Waals surface area contributed by atoms with E-state index in [-0.39, 0.29) is 10.8 Å². The van der Waals surface area contributed by atoms with Gasteiger partial charge in [-0.3, -0.25) is 0 Å². The fourth-order valence-corrected chi connectivity index (χ4v) is 11.9. The van der Waals surface area contributed by atoms with Gasteiger partial charge in [0, 0.05) is 33.3 Å². The standard InChI is InChI=1S/C76H62N2/c1-75(2,3)57-47-56(48-58(50-57)76(4,5)6)62-35-20-26-54-28-22-37-68(74(54)62)65-33-15-18-40-71(65)77(70-39-17-14-32-64(70)67-36-21-27-53-25-19-34-61(73(53)67)52-23-9-7-10-24-52)60-44-41-51(42-45-60)55-43-46-66-63-31-13-16-38-69(63)78(72(66)49-55)59-29-11-8-12-30-59/h7-50H,1-6H3. The SMILES string of the molecule is CC(C)(C)c1cc(-c2cccc3cccc(-c4ccccc4N(c4ccc(-c5ccc6c7ccccc7n(-c7ccccc7)c6c5)cc4)c4ccccc4-c4cccc5cccc(-c6ccccc6)c45)c23)cc(C(C)(C)C)c1. The molecule has 0 aliphatic heterocycles. The van der Waals surface area contributed by atoms with Gasteiger partial charge in [-0.15, -0.1) is 0 Å². The molecule has 0 atom stereocenters. The Labute approximate surface area is 459 Å². The third-order valence-corrected chi connectivity index (χ3v) is 15.9. The maximum Gasteiger partial charge on any atom is 0.0547 e. The topological polar surface area (TPSA) is 8.17 Å². The van der Waals surface area contributed by atoms with Gasteiger partial charge >= 0.3 is 0 Å². The second-order valence-electron chi connectivity index (χ2n) is 22.9. The quantitative estimate of drug-likeness (QED) is 0.140. The number of para-hydroxylation sites is 4. The van der Waals surface area contributed by atoms with Crippen LogP contribution in [-0.4, -0.2) is 4.57 Å². The number of hydrogen-bond acceptors (Lipinski definition) is 1. The second kappa shape index (κ2) is 19.4. The molecule has 0 fully saturated rings. The summed E-state index contributed by atoms with van der Waals surface area (Å²) < 4.78 is 2.40. The molecule has 0 amide bonds. The van der Waals surface area contributed by atoms with Crippen LogP contribution < -0.4 is 4.90 Å². The molecule has 376 valence electrons. The highest BCUT2D eigenvalue weighted by molar-refractivity contribution is 6.13. The first kappa shape index (κ1) is 48.4. The number of anilines is 3. The lowest BCUT2D eigenvalue weighted by molar-refractivity contribution is 0.569. The largest absolute Gasteiger partial charge is 0.309 e. The molecule has 0 saturated heterocycles. The minimum atomic E-state index is -0.0275. The van der Waals surface area contributed by atoms with Gasteiger partial charge in [0.05, 0.1) is 22.4 Å². The summed E-state index contributed by atoms with van der Waals surface area (Å²) >= 11 is 0. The van der Waals surface area contributed by atoms with E-state index in [1.54, 1.807) is 0 Å².